The van der Waals surface area contributed by atoms with Crippen molar-refractivity contribution in [3.63, 3.8) is 0 Å². The van der Waals surface area contributed by atoms with Crippen molar-refractivity contribution in [1.82, 2.24) is 5.32 Å². The molecule has 0 saturated carbocycles. The monoisotopic (exact) mass is 334 g/mol. The van der Waals surface area contributed by atoms with Gasteiger partial charge in [0, 0.05) is 13.3 Å². The largest absolute Gasteiger partial charge is 0.460 e. The zero-order valence-electron chi connectivity index (χ0n) is 15.6. The summed E-state index contributed by atoms with van der Waals surface area (Å²) in [5.74, 6) is -0.574. The number of allylic oxidation sites excluding steroid dienone is 2. The standard InChI is InChI=1S/C17H28N2O3.C2H2/c1-7-8-12-9-13(22-11(3)20)14(10(12)2)19-16(21)15(18)17(4,5)6;1-2/h7-8,13-15H,9,18H2,1-6H3,(H,19,21);1-2H/b8-7-;/t13?,14-,15?;/m0./s1. The topological polar surface area (TPSA) is 81.4 Å². The highest BCUT2D eigenvalue weighted by molar-refractivity contribution is 5.83. The summed E-state index contributed by atoms with van der Waals surface area (Å²) in [7, 11) is 0. The molecular formula is C19H30N2O3. The quantitative estimate of drug-likeness (QED) is 0.611. The van der Waals surface area contributed by atoms with E-state index in [9.17, 15) is 9.59 Å². The second-order valence-electron chi connectivity index (χ2n) is 6.89. The highest BCUT2D eigenvalue weighted by atomic mass is 16.5. The SMILES string of the molecule is C#C.C/C=C\C1=C(C)[C@H](NC(=O)C(N)C(C)(C)C)C(OC(C)=O)C1. The van der Waals surface area contributed by atoms with Crippen molar-refractivity contribution in [2.24, 2.45) is 11.1 Å². The lowest BCUT2D eigenvalue weighted by Gasteiger charge is -2.29. The third kappa shape index (κ3) is 5.86. The molecule has 0 aromatic carbocycles. The van der Waals surface area contributed by atoms with Crippen molar-refractivity contribution < 1.29 is 14.3 Å². The van der Waals surface area contributed by atoms with Gasteiger partial charge in [-0.2, -0.15) is 0 Å². The van der Waals surface area contributed by atoms with Crippen LogP contribution >= 0.6 is 0 Å². The molecule has 1 rings (SSSR count). The molecule has 1 aliphatic rings. The molecule has 5 nitrogen and oxygen atoms in total. The fourth-order valence-electron chi connectivity index (χ4n) is 2.54. The molecule has 24 heavy (non-hydrogen) atoms. The number of nitrogens with two attached hydrogens (primary N) is 1. The van der Waals surface area contributed by atoms with Crippen LogP contribution in [-0.2, 0) is 14.3 Å². The molecule has 5 heteroatoms. The number of nitrogens with one attached hydrogen (secondary N) is 1. The van der Waals surface area contributed by atoms with Crippen LogP contribution in [0.15, 0.2) is 23.3 Å². The van der Waals surface area contributed by atoms with Crippen LogP contribution in [0, 0.1) is 18.3 Å². The van der Waals surface area contributed by atoms with Gasteiger partial charge in [0.25, 0.3) is 0 Å². The van der Waals surface area contributed by atoms with Crippen molar-refractivity contribution in [1.29, 1.82) is 0 Å². The van der Waals surface area contributed by atoms with Gasteiger partial charge < -0.3 is 15.8 Å². The Bertz CT molecular complexity index is 539. The summed E-state index contributed by atoms with van der Waals surface area (Å²) in [5.41, 5.74) is 7.78. The van der Waals surface area contributed by atoms with Gasteiger partial charge in [-0.05, 0) is 30.4 Å². The summed E-state index contributed by atoms with van der Waals surface area (Å²) in [6.07, 6.45) is 12.2. The van der Waals surface area contributed by atoms with E-state index in [1.165, 1.54) is 6.92 Å². The predicted molar refractivity (Wildman–Crippen MR) is 96.9 cm³/mol. The molecule has 0 heterocycles. The Morgan fingerprint density at radius 1 is 1.38 bits per heavy atom. The van der Waals surface area contributed by atoms with E-state index in [4.69, 9.17) is 10.5 Å². The second kappa shape index (κ2) is 9.29. The Labute approximate surface area is 145 Å². The van der Waals surface area contributed by atoms with Crippen molar-refractivity contribution in [2.75, 3.05) is 0 Å². The second-order valence-corrected chi connectivity index (χ2v) is 6.89. The van der Waals surface area contributed by atoms with Gasteiger partial charge in [-0.15, -0.1) is 12.8 Å². The Morgan fingerprint density at radius 2 is 1.92 bits per heavy atom. The Kier molecular flexibility index (Phi) is 8.49. The fourth-order valence-corrected chi connectivity index (χ4v) is 2.54. The number of carbonyl (C=O) groups is 2. The van der Waals surface area contributed by atoms with Crippen LogP contribution < -0.4 is 11.1 Å². The van der Waals surface area contributed by atoms with Crippen LogP contribution in [0.25, 0.3) is 0 Å². The first-order valence-electron chi connectivity index (χ1n) is 7.96. The number of esters is 1. The van der Waals surface area contributed by atoms with E-state index in [0.717, 1.165) is 11.1 Å². The van der Waals surface area contributed by atoms with Crippen molar-refractivity contribution in [2.45, 2.75) is 66.2 Å². The first-order chi connectivity index (χ1) is 11.1. The van der Waals surface area contributed by atoms with Crippen LogP contribution in [0.1, 0.15) is 48.0 Å². The van der Waals surface area contributed by atoms with Crippen LogP contribution in [0.5, 0.6) is 0 Å². The number of ether oxygens (including phenoxy) is 1. The molecule has 0 spiro atoms. The molecule has 134 valence electrons. The van der Waals surface area contributed by atoms with Crippen molar-refractivity contribution in [3.8, 4) is 12.8 Å². The van der Waals surface area contributed by atoms with E-state index in [1.807, 2.05) is 46.8 Å². The first kappa shape index (κ1) is 21.9. The maximum atomic E-state index is 12.4. The number of hydrogen-bond acceptors (Lipinski definition) is 4. The van der Waals surface area contributed by atoms with Crippen molar-refractivity contribution in [3.05, 3.63) is 23.3 Å². The van der Waals surface area contributed by atoms with Crippen LogP contribution in [0.4, 0.5) is 0 Å². The summed E-state index contributed by atoms with van der Waals surface area (Å²) in [5, 5.41) is 2.95. The maximum absolute atomic E-state index is 12.4. The molecule has 0 bridgehead atoms. The third-order valence-electron chi connectivity index (χ3n) is 3.96. The summed E-state index contributed by atoms with van der Waals surface area (Å²) in [6.45, 7) is 11.0. The van der Waals surface area contributed by atoms with Gasteiger partial charge in [0.15, 0.2) is 0 Å². The van der Waals surface area contributed by atoms with E-state index < -0.39 is 6.04 Å². The maximum Gasteiger partial charge on any atom is 0.302 e. The number of hydrogen-bond donors (Lipinski definition) is 2. The lowest BCUT2D eigenvalue weighted by molar-refractivity contribution is -0.147. The Morgan fingerprint density at radius 3 is 2.33 bits per heavy atom. The first-order valence-corrected chi connectivity index (χ1v) is 7.96. The van der Waals surface area contributed by atoms with Crippen LogP contribution in [0.2, 0.25) is 0 Å². The zero-order chi connectivity index (χ0) is 19.1. The molecule has 0 aliphatic heterocycles. The number of rotatable bonds is 4. The molecule has 1 aliphatic carbocycles. The van der Waals surface area contributed by atoms with E-state index in [0.29, 0.717) is 6.42 Å². The summed E-state index contributed by atoms with van der Waals surface area (Å²) >= 11 is 0. The Balaban J connectivity index is 0.00000254. The molecule has 2 unspecified atom stereocenters. The molecular weight excluding hydrogens is 304 g/mol. The van der Waals surface area contributed by atoms with Crippen molar-refractivity contribution >= 4 is 11.9 Å². The predicted octanol–water partition coefficient (Wildman–Crippen LogP) is 2.32. The fraction of sp³-hybridized carbons (Fsp3) is 0.579. The lowest BCUT2D eigenvalue weighted by atomic mass is 9.86. The highest BCUT2D eigenvalue weighted by Crippen LogP contribution is 2.30. The normalized spacial score (nSPS) is 21.9. The molecule has 0 fully saturated rings. The number of carbonyl (C=O) groups excluding carboxylic acids is 2. The molecule has 3 N–H and O–H groups in total. The molecule has 0 aromatic heterocycles. The molecule has 1 amide bonds. The minimum absolute atomic E-state index is 0.226. The minimum Gasteiger partial charge on any atom is -0.460 e. The molecule has 3 atom stereocenters. The van der Waals surface area contributed by atoms with Gasteiger partial charge in [0.2, 0.25) is 5.91 Å². The van der Waals surface area contributed by atoms with E-state index in [-0.39, 0.29) is 29.4 Å². The summed E-state index contributed by atoms with van der Waals surface area (Å²) < 4.78 is 5.37. The summed E-state index contributed by atoms with van der Waals surface area (Å²) in [6, 6.07) is -0.944. The van der Waals surface area contributed by atoms with Gasteiger partial charge in [-0.25, -0.2) is 0 Å². The smallest absolute Gasteiger partial charge is 0.302 e. The molecule has 0 radical (unpaired) electrons. The average Bonchev–Trinajstić information content (AvgIpc) is 2.76. The lowest BCUT2D eigenvalue weighted by Crippen LogP contribution is -2.53. The van der Waals surface area contributed by atoms with Crippen LogP contribution in [-0.4, -0.2) is 30.1 Å². The van der Waals surface area contributed by atoms with E-state index in [2.05, 4.69) is 18.2 Å². The van der Waals surface area contributed by atoms with E-state index in [1.54, 1.807) is 0 Å². The average molecular weight is 334 g/mol. The van der Waals surface area contributed by atoms with Gasteiger partial charge in [-0.1, -0.05) is 32.9 Å². The summed E-state index contributed by atoms with van der Waals surface area (Å²) in [4.78, 5) is 23.7. The molecule has 0 aromatic rings. The van der Waals surface area contributed by atoms with Gasteiger partial charge in [-0.3, -0.25) is 9.59 Å². The Hall–Kier alpha value is -2.06. The van der Waals surface area contributed by atoms with Gasteiger partial charge in [0.05, 0.1) is 12.1 Å². The van der Waals surface area contributed by atoms with Crippen LogP contribution in [0.3, 0.4) is 0 Å². The molecule has 0 saturated heterocycles. The van der Waals surface area contributed by atoms with Gasteiger partial charge in [0.1, 0.15) is 6.10 Å². The minimum atomic E-state index is -0.621. The number of terminal acetylenes is 1. The number of amides is 1. The highest BCUT2D eigenvalue weighted by Gasteiger charge is 2.37. The third-order valence-corrected chi connectivity index (χ3v) is 3.96. The van der Waals surface area contributed by atoms with Gasteiger partial charge >= 0.3 is 5.97 Å². The van der Waals surface area contributed by atoms with E-state index >= 15 is 0 Å². The zero-order valence-corrected chi connectivity index (χ0v) is 15.6.